The molecule has 5 rings (SSSR count). The van der Waals surface area contributed by atoms with Crippen molar-refractivity contribution in [3.63, 3.8) is 0 Å². The van der Waals surface area contributed by atoms with Gasteiger partial charge in [0.1, 0.15) is 17.3 Å². The Morgan fingerprint density at radius 2 is 1.66 bits per heavy atom. The average molecular weight is 460 g/mol. The van der Waals surface area contributed by atoms with Crippen molar-refractivity contribution >= 4 is 34.2 Å². The average Bonchev–Trinajstić information content (AvgIpc) is 3.23. The SMILES string of the molecule is Cc1ccc(Nc2nc(Nc3c(C)cc(-c4cccnc4C#N)cc3C)c3c(ccn3C)n2)cc1. The number of hydrogen-bond acceptors (Lipinski definition) is 6. The molecule has 172 valence electrons. The number of nitrogens with zero attached hydrogens (tertiary/aromatic N) is 5. The quantitative estimate of drug-likeness (QED) is 0.320. The fourth-order valence-electron chi connectivity index (χ4n) is 4.26. The van der Waals surface area contributed by atoms with E-state index in [1.54, 1.807) is 6.20 Å². The molecule has 0 saturated heterocycles. The molecule has 0 unspecified atom stereocenters. The second-order valence-corrected chi connectivity index (χ2v) is 8.67. The lowest BCUT2D eigenvalue weighted by molar-refractivity contribution is 0.964. The predicted molar refractivity (Wildman–Crippen MR) is 140 cm³/mol. The van der Waals surface area contributed by atoms with Crippen LogP contribution in [0.2, 0.25) is 0 Å². The van der Waals surface area contributed by atoms with Gasteiger partial charge in [0.25, 0.3) is 0 Å². The van der Waals surface area contributed by atoms with Gasteiger partial charge >= 0.3 is 0 Å². The summed E-state index contributed by atoms with van der Waals surface area (Å²) in [7, 11) is 1.98. The smallest absolute Gasteiger partial charge is 0.229 e. The van der Waals surface area contributed by atoms with E-state index in [0.29, 0.717) is 11.6 Å². The maximum absolute atomic E-state index is 9.47. The number of aryl methyl sites for hydroxylation is 4. The molecule has 7 nitrogen and oxygen atoms in total. The molecule has 0 radical (unpaired) electrons. The van der Waals surface area contributed by atoms with E-state index in [0.717, 1.165) is 50.5 Å². The van der Waals surface area contributed by atoms with E-state index in [2.05, 4.69) is 66.7 Å². The zero-order valence-electron chi connectivity index (χ0n) is 20.1. The van der Waals surface area contributed by atoms with Crippen LogP contribution in [0.15, 0.2) is 67.0 Å². The number of anilines is 4. The second-order valence-electron chi connectivity index (χ2n) is 8.67. The van der Waals surface area contributed by atoms with Gasteiger partial charge in [-0.25, -0.2) is 9.97 Å². The van der Waals surface area contributed by atoms with Gasteiger partial charge in [0.05, 0.1) is 5.52 Å². The van der Waals surface area contributed by atoms with Crippen molar-refractivity contribution in [2.24, 2.45) is 7.05 Å². The van der Waals surface area contributed by atoms with E-state index in [9.17, 15) is 5.26 Å². The van der Waals surface area contributed by atoms with Crippen molar-refractivity contribution in [2.75, 3.05) is 10.6 Å². The van der Waals surface area contributed by atoms with Crippen LogP contribution in [0, 0.1) is 32.1 Å². The highest BCUT2D eigenvalue weighted by Gasteiger charge is 2.15. The van der Waals surface area contributed by atoms with Gasteiger partial charge < -0.3 is 15.2 Å². The molecule has 3 aromatic heterocycles. The standard InChI is InChI=1S/C28H25N7/c1-17-7-9-21(10-8-17)31-28-32-23-11-13-35(4)26(23)27(34-28)33-25-18(2)14-20(15-19(25)3)22-6-5-12-30-24(22)16-29/h5-15H,1-4H3,(H2,31,32,33,34). The lowest BCUT2D eigenvalue weighted by Gasteiger charge is -2.17. The third kappa shape index (κ3) is 4.30. The number of nitrogens with one attached hydrogen (secondary N) is 2. The van der Waals surface area contributed by atoms with E-state index >= 15 is 0 Å². The van der Waals surface area contributed by atoms with Crippen LogP contribution >= 0.6 is 0 Å². The Bertz CT molecular complexity index is 1570. The molecule has 0 atom stereocenters. The maximum Gasteiger partial charge on any atom is 0.229 e. The molecule has 0 fully saturated rings. The summed E-state index contributed by atoms with van der Waals surface area (Å²) in [5, 5.41) is 16.4. The van der Waals surface area contributed by atoms with Gasteiger partial charge in [-0.1, -0.05) is 17.7 Å². The van der Waals surface area contributed by atoms with Crippen LogP contribution < -0.4 is 10.6 Å². The third-order valence-corrected chi connectivity index (χ3v) is 6.03. The van der Waals surface area contributed by atoms with Crippen molar-refractivity contribution in [3.8, 4) is 17.2 Å². The van der Waals surface area contributed by atoms with E-state index in [4.69, 9.17) is 9.97 Å². The van der Waals surface area contributed by atoms with Crippen molar-refractivity contribution in [3.05, 3.63) is 89.4 Å². The fraction of sp³-hybridized carbons (Fsp3) is 0.143. The molecule has 0 spiro atoms. The van der Waals surface area contributed by atoms with Gasteiger partial charge in [0, 0.05) is 36.4 Å². The van der Waals surface area contributed by atoms with Crippen LogP contribution in [0.25, 0.3) is 22.2 Å². The van der Waals surface area contributed by atoms with Gasteiger partial charge in [0.15, 0.2) is 5.82 Å². The van der Waals surface area contributed by atoms with Crippen LogP contribution in [0.5, 0.6) is 0 Å². The highest BCUT2D eigenvalue weighted by molar-refractivity contribution is 5.91. The molecule has 2 N–H and O–H groups in total. The van der Waals surface area contributed by atoms with Gasteiger partial charge in [0.2, 0.25) is 5.95 Å². The van der Waals surface area contributed by atoms with Gasteiger partial charge in [-0.15, -0.1) is 0 Å². The number of hydrogen-bond donors (Lipinski definition) is 2. The summed E-state index contributed by atoms with van der Waals surface area (Å²) in [5.74, 6) is 1.24. The molecule has 0 saturated carbocycles. The minimum absolute atomic E-state index is 0.417. The Hall–Kier alpha value is -4.70. The second kappa shape index (κ2) is 8.92. The molecule has 5 aromatic rings. The largest absolute Gasteiger partial charge is 0.346 e. The van der Waals surface area contributed by atoms with Crippen molar-refractivity contribution in [1.82, 2.24) is 19.5 Å². The molecule has 2 aromatic carbocycles. The zero-order valence-corrected chi connectivity index (χ0v) is 20.1. The highest BCUT2D eigenvalue weighted by Crippen LogP contribution is 2.33. The first kappa shape index (κ1) is 22.1. The van der Waals surface area contributed by atoms with Crippen molar-refractivity contribution in [2.45, 2.75) is 20.8 Å². The van der Waals surface area contributed by atoms with Crippen LogP contribution in [-0.4, -0.2) is 19.5 Å². The highest BCUT2D eigenvalue weighted by atomic mass is 15.2. The first-order chi connectivity index (χ1) is 16.9. The summed E-state index contributed by atoms with van der Waals surface area (Å²) < 4.78 is 2.02. The predicted octanol–water partition coefficient (Wildman–Crippen LogP) is 6.31. The van der Waals surface area contributed by atoms with Crippen LogP contribution in [0.1, 0.15) is 22.4 Å². The number of aromatic nitrogens is 4. The Balaban J connectivity index is 1.55. The minimum Gasteiger partial charge on any atom is -0.346 e. The van der Waals surface area contributed by atoms with Gasteiger partial charge in [-0.05, 0) is 79.9 Å². The molecular weight excluding hydrogens is 434 g/mol. The summed E-state index contributed by atoms with van der Waals surface area (Å²) in [6, 6.07) is 20.2. The number of nitriles is 1. The van der Waals surface area contributed by atoms with Crippen LogP contribution in [0.4, 0.5) is 23.1 Å². The number of rotatable bonds is 5. The van der Waals surface area contributed by atoms with Gasteiger partial charge in [-0.3, -0.25) is 0 Å². The summed E-state index contributed by atoms with van der Waals surface area (Å²) in [4.78, 5) is 13.7. The lowest BCUT2D eigenvalue weighted by atomic mass is 9.98. The summed E-state index contributed by atoms with van der Waals surface area (Å²) >= 11 is 0. The molecule has 7 heteroatoms. The zero-order chi connectivity index (χ0) is 24.5. The van der Waals surface area contributed by atoms with E-state index in [1.807, 2.05) is 48.1 Å². The molecule has 0 bridgehead atoms. The number of benzene rings is 2. The molecule has 35 heavy (non-hydrogen) atoms. The summed E-state index contributed by atoms with van der Waals surface area (Å²) in [6.45, 7) is 6.16. The monoisotopic (exact) mass is 459 g/mol. The van der Waals surface area contributed by atoms with Crippen LogP contribution in [0.3, 0.4) is 0 Å². The number of pyridine rings is 1. The molecule has 3 heterocycles. The molecule has 0 aliphatic carbocycles. The number of fused-ring (bicyclic) bond motifs is 1. The lowest BCUT2D eigenvalue weighted by Crippen LogP contribution is -2.05. The van der Waals surface area contributed by atoms with E-state index < -0.39 is 0 Å². The summed E-state index contributed by atoms with van der Waals surface area (Å²) in [5.41, 5.74) is 9.15. The Morgan fingerprint density at radius 3 is 2.37 bits per heavy atom. The maximum atomic E-state index is 9.47. The topological polar surface area (TPSA) is 91.5 Å². The Morgan fingerprint density at radius 1 is 0.914 bits per heavy atom. The molecule has 0 aliphatic heterocycles. The first-order valence-corrected chi connectivity index (χ1v) is 11.3. The van der Waals surface area contributed by atoms with Gasteiger partial charge in [-0.2, -0.15) is 10.2 Å². The minimum atomic E-state index is 0.417. The van der Waals surface area contributed by atoms with Crippen molar-refractivity contribution < 1.29 is 0 Å². The van der Waals surface area contributed by atoms with Crippen LogP contribution in [-0.2, 0) is 7.05 Å². The Labute approximate surface area is 204 Å². The normalized spacial score (nSPS) is 10.8. The van der Waals surface area contributed by atoms with Crippen molar-refractivity contribution in [1.29, 1.82) is 5.26 Å². The third-order valence-electron chi connectivity index (χ3n) is 6.03. The molecule has 0 amide bonds. The summed E-state index contributed by atoms with van der Waals surface area (Å²) in [6.07, 6.45) is 3.62. The fourth-order valence-corrected chi connectivity index (χ4v) is 4.26. The Kier molecular flexibility index (Phi) is 5.63. The molecule has 0 aliphatic rings. The first-order valence-electron chi connectivity index (χ1n) is 11.3. The van der Waals surface area contributed by atoms with E-state index in [1.165, 1.54) is 5.56 Å². The molecular formula is C28H25N7. The van der Waals surface area contributed by atoms with E-state index in [-0.39, 0.29) is 0 Å².